The molecule has 252 valence electrons. The molecule has 2 aliphatic rings. The van der Waals surface area contributed by atoms with E-state index in [9.17, 15) is 10.2 Å². The fraction of sp³-hybridized carbons (Fsp3) is 0.268. The summed E-state index contributed by atoms with van der Waals surface area (Å²) in [6, 6.07) is 28.0. The van der Waals surface area contributed by atoms with Gasteiger partial charge >= 0.3 is 0 Å². The Labute approximate surface area is 286 Å². The smallest absolute Gasteiger partial charge is 0.178 e. The van der Waals surface area contributed by atoms with Gasteiger partial charge in [-0.1, -0.05) is 42.5 Å². The molecule has 1 unspecified atom stereocenters. The molecule has 0 spiro atoms. The first kappa shape index (κ1) is 32.7. The van der Waals surface area contributed by atoms with Gasteiger partial charge in [0.15, 0.2) is 5.60 Å². The number of hydrogen-bond acceptors (Lipinski definition) is 8. The number of ether oxygens (including phenoxy) is 6. The molecule has 0 amide bonds. The van der Waals surface area contributed by atoms with E-state index in [1.165, 1.54) is 0 Å². The zero-order valence-electron chi connectivity index (χ0n) is 28.1. The quantitative estimate of drug-likeness (QED) is 0.139. The Morgan fingerprint density at radius 2 is 1.35 bits per heavy atom. The van der Waals surface area contributed by atoms with Crippen molar-refractivity contribution in [3.8, 4) is 34.1 Å². The number of fused-ring (bicyclic) bond motifs is 8. The van der Waals surface area contributed by atoms with Gasteiger partial charge in [0.2, 0.25) is 0 Å². The van der Waals surface area contributed by atoms with Crippen LogP contribution in [0.5, 0.6) is 23.0 Å². The number of aliphatic hydroxyl groups excluding tert-OH is 2. The van der Waals surface area contributed by atoms with Crippen LogP contribution in [-0.2, 0) is 27.3 Å². The third-order valence-corrected chi connectivity index (χ3v) is 9.67. The minimum Gasteiger partial charge on any atom is -0.497 e. The Morgan fingerprint density at radius 3 is 1.96 bits per heavy atom. The van der Waals surface area contributed by atoms with Gasteiger partial charge in [0.05, 0.1) is 54.4 Å². The van der Waals surface area contributed by atoms with E-state index in [0.717, 1.165) is 66.8 Å². The number of benzene rings is 5. The molecule has 5 aromatic rings. The lowest BCUT2D eigenvalue weighted by Gasteiger charge is -2.39. The summed E-state index contributed by atoms with van der Waals surface area (Å²) in [5.41, 5.74) is 5.63. The summed E-state index contributed by atoms with van der Waals surface area (Å²) in [5.74, 6) is 2.90. The number of methoxy groups -OCH3 is 3. The highest BCUT2D eigenvalue weighted by molar-refractivity contribution is 6.08. The molecule has 1 aliphatic carbocycles. The summed E-state index contributed by atoms with van der Waals surface area (Å²) >= 11 is 0. The van der Waals surface area contributed by atoms with E-state index < -0.39 is 11.2 Å². The highest BCUT2D eigenvalue weighted by Crippen LogP contribution is 2.59. The molecule has 2 N–H and O–H groups in total. The normalized spacial score (nSPS) is 16.9. The van der Waals surface area contributed by atoms with Gasteiger partial charge in [0.1, 0.15) is 28.6 Å². The monoisotopic (exact) mass is 660 g/mol. The molecular formula is C41H40O8. The SMILES string of the molecule is COc1ccc(C2(c3ccc(OC)cc3)C=Cc3c4c(c5ccc(OC)cc5c3O2)-c2ccc(CO)cc2C4(C)OCCOCCO)cc1. The van der Waals surface area contributed by atoms with Crippen LogP contribution < -0.4 is 18.9 Å². The molecule has 5 aromatic carbocycles. The van der Waals surface area contributed by atoms with Crippen LogP contribution in [0.2, 0.25) is 0 Å². The minimum absolute atomic E-state index is 0.0575. The molecule has 0 aromatic heterocycles. The largest absolute Gasteiger partial charge is 0.497 e. The van der Waals surface area contributed by atoms with Crippen LogP contribution in [0.4, 0.5) is 0 Å². The fourth-order valence-corrected chi connectivity index (χ4v) is 7.24. The van der Waals surface area contributed by atoms with Crippen molar-refractivity contribution in [2.75, 3.05) is 47.8 Å². The molecule has 0 radical (unpaired) electrons. The molecule has 8 nitrogen and oxygen atoms in total. The second-order valence-corrected chi connectivity index (χ2v) is 12.3. The highest BCUT2D eigenvalue weighted by Gasteiger charge is 2.47. The molecule has 7 rings (SSSR count). The predicted octanol–water partition coefficient (Wildman–Crippen LogP) is 6.98. The van der Waals surface area contributed by atoms with Crippen molar-refractivity contribution in [2.45, 2.75) is 24.7 Å². The molecule has 0 saturated heterocycles. The Bertz CT molecular complexity index is 1970. The topological polar surface area (TPSA) is 95.8 Å². The van der Waals surface area contributed by atoms with E-state index >= 15 is 0 Å². The summed E-state index contributed by atoms with van der Waals surface area (Å²) < 4.78 is 36.5. The van der Waals surface area contributed by atoms with Gasteiger partial charge in [-0.3, -0.25) is 0 Å². The molecule has 0 fully saturated rings. The first-order valence-electron chi connectivity index (χ1n) is 16.3. The van der Waals surface area contributed by atoms with Gasteiger partial charge in [-0.25, -0.2) is 0 Å². The van der Waals surface area contributed by atoms with Gasteiger partial charge in [-0.2, -0.15) is 0 Å². The van der Waals surface area contributed by atoms with E-state index in [1.54, 1.807) is 21.3 Å². The maximum atomic E-state index is 10.1. The van der Waals surface area contributed by atoms with E-state index in [2.05, 4.69) is 31.2 Å². The van der Waals surface area contributed by atoms with Crippen LogP contribution in [0.15, 0.2) is 91.0 Å². The molecular weight excluding hydrogens is 620 g/mol. The second-order valence-electron chi connectivity index (χ2n) is 12.3. The molecule has 8 heteroatoms. The summed E-state index contributed by atoms with van der Waals surface area (Å²) in [5, 5.41) is 21.3. The summed E-state index contributed by atoms with van der Waals surface area (Å²) in [6.45, 7) is 2.77. The standard InChI is InChI=1S/C41H40O8/c1-40(48-22-21-47-20-19-42)36-23-26(25-43)5-15-33(36)37-32-16-14-31(46-4)24-35(32)39-34(38(37)40)17-18-41(49-39,27-6-10-29(44-2)11-7-27)28-8-12-30(45-3)13-9-28/h5-18,23-24,42-43H,19-22,25H2,1-4H3. The van der Waals surface area contributed by atoms with Crippen molar-refractivity contribution in [3.63, 3.8) is 0 Å². The molecule has 1 aliphatic heterocycles. The number of rotatable bonds is 12. The van der Waals surface area contributed by atoms with Gasteiger partial charge in [0.25, 0.3) is 0 Å². The highest BCUT2D eigenvalue weighted by atomic mass is 16.5. The van der Waals surface area contributed by atoms with E-state index in [-0.39, 0.29) is 19.8 Å². The summed E-state index contributed by atoms with van der Waals surface area (Å²) in [6.07, 6.45) is 4.26. The van der Waals surface area contributed by atoms with Crippen molar-refractivity contribution in [2.24, 2.45) is 0 Å². The van der Waals surface area contributed by atoms with Crippen molar-refractivity contribution < 1.29 is 38.6 Å². The van der Waals surface area contributed by atoms with Gasteiger partial charge < -0.3 is 38.6 Å². The zero-order chi connectivity index (χ0) is 34.2. The lowest BCUT2D eigenvalue weighted by Crippen LogP contribution is -2.35. The van der Waals surface area contributed by atoms with Crippen molar-refractivity contribution in [1.82, 2.24) is 0 Å². The third kappa shape index (κ3) is 5.41. The third-order valence-electron chi connectivity index (χ3n) is 9.67. The van der Waals surface area contributed by atoms with Crippen LogP contribution in [0.1, 0.15) is 40.3 Å². The van der Waals surface area contributed by atoms with E-state index in [4.69, 9.17) is 28.4 Å². The van der Waals surface area contributed by atoms with Crippen molar-refractivity contribution in [1.29, 1.82) is 0 Å². The molecule has 1 atom stereocenters. The van der Waals surface area contributed by atoms with Gasteiger partial charge in [-0.15, -0.1) is 0 Å². The van der Waals surface area contributed by atoms with Gasteiger partial charge in [-0.05, 0) is 89.2 Å². The van der Waals surface area contributed by atoms with Crippen LogP contribution >= 0.6 is 0 Å². The van der Waals surface area contributed by atoms with E-state index in [0.29, 0.717) is 24.7 Å². The van der Waals surface area contributed by atoms with Crippen molar-refractivity contribution in [3.05, 3.63) is 124 Å². The number of hydrogen-bond donors (Lipinski definition) is 2. The number of aliphatic hydroxyl groups is 2. The van der Waals surface area contributed by atoms with Crippen LogP contribution in [0.25, 0.3) is 28.0 Å². The first-order chi connectivity index (χ1) is 23.9. The second kappa shape index (κ2) is 13.2. The average Bonchev–Trinajstić information content (AvgIpc) is 3.42. The van der Waals surface area contributed by atoms with Crippen molar-refractivity contribution >= 4 is 16.8 Å². The summed E-state index contributed by atoms with van der Waals surface area (Å²) in [7, 11) is 4.97. The molecule has 1 heterocycles. The Balaban J connectivity index is 1.50. The lowest BCUT2D eigenvalue weighted by molar-refractivity contribution is -0.0378. The molecule has 49 heavy (non-hydrogen) atoms. The Morgan fingerprint density at radius 1 is 0.694 bits per heavy atom. The lowest BCUT2D eigenvalue weighted by atomic mass is 9.80. The average molecular weight is 661 g/mol. The van der Waals surface area contributed by atoms with Crippen LogP contribution in [-0.4, -0.2) is 58.0 Å². The first-order valence-corrected chi connectivity index (χ1v) is 16.3. The van der Waals surface area contributed by atoms with Gasteiger partial charge in [0, 0.05) is 27.6 Å². The Kier molecular flexibility index (Phi) is 8.81. The molecule has 0 saturated carbocycles. The minimum atomic E-state index is -0.999. The summed E-state index contributed by atoms with van der Waals surface area (Å²) in [4.78, 5) is 0. The van der Waals surface area contributed by atoms with Crippen LogP contribution in [0.3, 0.4) is 0 Å². The molecule has 0 bridgehead atoms. The van der Waals surface area contributed by atoms with Crippen LogP contribution in [0, 0.1) is 0 Å². The predicted molar refractivity (Wildman–Crippen MR) is 189 cm³/mol. The zero-order valence-corrected chi connectivity index (χ0v) is 28.1. The maximum absolute atomic E-state index is 10.1. The Hall–Kier alpha value is -4.86. The van der Waals surface area contributed by atoms with E-state index in [1.807, 2.05) is 72.8 Å². The fourth-order valence-electron chi connectivity index (χ4n) is 7.24. The maximum Gasteiger partial charge on any atom is 0.178 e.